The SMILES string of the molecule is Cc1ccc(CSS/C=C\CSc2ccccc2)cc1. The maximum absolute atomic E-state index is 2.23. The van der Waals surface area contributed by atoms with Gasteiger partial charge in [0.25, 0.3) is 0 Å². The normalized spacial score (nSPS) is 11.1. The molecule has 0 N–H and O–H groups in total. The van der Waals surface area contributed by atoms with E-state index in [1.165, 1.54) is 16.0 Å². The van der Waals surface area contributed by atoms with Crippen LogP contribution in [-0.2, 0) is 5.75 Å². The quantitative estimate of drug-likeness (QED) is 0.340. The van der Waals surface area contributed by atoms with Crippen LogP contribution < -0.4 is 0 Å². The van der Waals surface area contributed by atoms with E-state index in [-0.39, 0.29) is 0 Å². The van der Waals surface area contributed by atoms with E-state index in [1.54, 1.807) is 0 Å². The molecular formula is C17H18S3. The summed E-state index contributed by atoms with van der Waals surface area (Å²) in [6.45, 7) is 2.12. The molecule has 2 aromatic rings. The van der Waals surface area contributed by atoms with Gasteiger partial charge in [0.2, 0.25) is 0 Å². The average molecular weight is 319 g/mol. The van der Waals surface area contributed by atoms with Crippen molar-refractivity contribution in [3.63, 3.8) is 0 Å². The molecule has 20 heavy (non-hydrogen) atoms. The van der Waals surface area contributed by atoms with Gasteiger partial charge >= 0.3 is 0 Å². The lowest BCUT2D eigenvalue weighted by Gasteiger charge is -1.99. The second-order valence-electron chi connectivity index (χ2n) is 4.34. The van der Waals surface area contributed by atoms with Crippen LogP contribution in [-0.4, -0.2) is 5.75 Å². The fourth-order valence-corrected chi connectivity index (χ4v) is 4.16. The minimum atomic E-state index is 1.03. The fraction of sp³-hybridized carbons (Fsp3) is 0.176. The third kappa shape index (κ3) is 6.12. The van der Waals surface area contributed by atoms with Gasteiger partial charge in [-0.2, -0.15) is 0 Å². The fourth-order valence-electron chi connectivity index (χ4n) is 1.57. The summed E-state index contributed by atoms with van der Waals surface area (Å²) in [5.74, 6) is 2.09. The molecule has 0 bridgehead atoms. The van der Waals surface area contributed by atoms with Crippen molar-refractivity contribution in [2.24, 2.45) is 0 Å². The summed E-state index contributed by atoms with van der Waals surface area (Å²) in [4.78, 5) is 1.33. The molecule has 0 saturated carbocycles. The van der Waals surface area contributed by atoms with Gasteiger partial charge in [0, 0.05) is 16.4 Å². The first kappa shape index (κ1) is 15.6. The summed E-state index contributed by atoms with van der Waals surface area (Å²) < 4.78 is 0. The molecule has 0 radical (unpaired) electrons. The van der Waals surface area contributed by atoms with E-state index in [0.29, 0.717) is 0 Å². The van der Waals surface area contributed by atoms with Gasteiger partial charge in [0.15, 0.2) is 0 Å². The van der Waals surface area contributed by atoms with E-state index >= 15 is 0 Å². The molecule has 0 spiro atoms. The first-order chi connectivity index (χ1) is 9.84. The number of aryl methyl sites for hydroxylation is 1. The highest BCUT2D eigenvalue weighted by Crippen LogP contribution is 2.27. The van der Waals surface area contributed by atoms with Gasteiger partial charge in [-0.1, -0.05) is 75.7 Å². The molecule has 0 heterocycles. The molecule has 0 aliphatic rings. The third-order valence-corrected chi connectivity index (χ3v) is 5.61. The molecule has 0 aromatic heterocycles. The first-order valence-electron chi connectivity index (χ1n) is 6.51. The molecule has 3 heteroatoms. The second-order valence-corrected chi connectivity index (χ2v) is 7.71. The monoisotopic (exact) mass is 318 g/mol. The highest BCUT2D eigenvalue weighted by atomic mass is 33.1. The van der Waals surface area contributed by atoms with Gasteiger partial charge in [0.05, 0.1) is 0 Å². The van der Waals surface area contributed by atoms with Crippen LogP contribution in [0, 0.1) is 6.92 Å². The second kappa shape index (κ2) is 9.22. The van der Waals surface area contributed by atoms with E-state index in [4.69, 9.17) is 0 Å². The van der Waals surface area contributed by atoms with Crippen LogP contribution in [0.4, 0.5) is 0 Å². The summed E-state index contributed by atoms with van der Waals surface area (Å²) in [6, 6.07) is 19.3. The van der Waals surface area contributed by atoms with Gasteiger partial charge < -0.3 is 0 Å². The minimum absolute atomic E-state index is 1.03. The largest absolute Gasteiger partial charge is 0.122 e. The summed E-state index contributed by atoms with van der Waals surface area (Å²) in [7, 11) is 3.69. The van der Waals surface area contributed by atoms with Crippen LogP contribution in [0.25, 0.3) is 0 Å². The van der Waals surface area contributed by atoms with E-state index in [2.05, 4.69) is 73.0 Å². The molecule has 0 unspecified atom stereocenters. The molecule has 0 aliphatic carbocycles. The maximum atomic E-state index is 2.23. The Kier molecular flexibility index (Phi) is 7.20. The van der Waals surface area contributed by atoms with Crippen LogP contribution in [0.3, 0.4) is 0 Å². The van der Waals surface area contributed by atoms with Crippen molar-refractivity contribution >= 4 is 33.3 Å². The van der Waals surface area contributed by atoms with Crippen molar-refractivity contribution in [1.82, 2.24) is 0 Å². The summed E-state index contributed by atoms with van der Waals surface area (Å²) in [6.07, 6.45) is 2.23. The van der Waals surface area contributed by atoms with Crippen molar-refractivity contribution in [3.8, 4) is 0 Å². The summed E-state index contributed by atoms with van der Waals surface area (Å²) in [5, 5.41) is 2.19. The summed E-state index contributed by atoms with van der Waals surface area (Å²) in [5.41, 5.74) is 2.71. The Morgan fingerprint density at radius 3 is 2.45 bits per heavy atom. The van der Waals surface area contributed by atoms with Crippen LogP contribution >= 0.6 is 33.3 Å². The minimum Gasteiger partial charge on any atom is -0.122 e. The molecule has 2 rings (SSSR count). The lowest BCUT2D eigenvalue weighted by molar-refractivity contribution is 1.37. The Morgan fingerprint density at radius 2 is 1.70 bits per heavy atom. The average Bonchev–Trinajstić information content (AvgIpc) is 2.49. The predicted octanol–water partition coefficient (Wildman–Crippen LogP) is 6.18. The van der Waals surface area contributed by atoms with Crippen LogP contribution in [0.5, 0.6) is 0 Å². The molecule has 0 saturated heterocycles. The predicted molar refractivity (Wildman–Crippen MR) is 96.4 cm³/mol. The third-order valence-electron chi connectivity index (χ3n) is 2.66. The van der Waals surface area contributed by atoms with Crippen molar-refractivity contribution in [2.45, 2.75) is 17.6 Å². The number of benzene rings is 2. The number of thioether (sulfide) groups is 1. The zero-order valence-electron chi connectivity index (χ0n) is 11.5. The van der Waals surface area contributed by atoms with Crippen LogP contribution in [0.2, 0.25) is 0 Å². The van der Waals surface area contributed by atoms with Gasteiger partial charge in [-0.3, -0.25) is 0 Å². The number of hydrogen-bond acceptors (Lipinski definition) is 3. The van der Waals surface area contributed by atoms with Crippen molar-refractivity contribution < 1.29 is 0 Å². The zero-order chi connectivity index (χ0) is 14.0. The van der Waals surface area contributed by atoms with Gasteiger partial charge in [-0.15, -0.1) is 11.8 Å². The van der Waals surface area contributed by atoms with Crippen molar-refractivity contribution in [2.75, 3.05) is 5.75 Å². The first-order valence-corrected chi connectivity index (χ1v) is 9.88. The number of rotatable bonds is 7. The smallest absolute Gasteiger partial charge is 0.0291 e. The molecule has 0 aliphatic heterocycles. The number of hydrogen-bond donors (Lipinski definition) is 0. The lowest BCUT2D eigenvalue weighted by atomic mass is 10.2. The van der Waals surface area contributed by atoms with Crippen molar-refractivity contribution in [1.29, 1.82) is 0 Å². The summed E-state index contributed by atoms with van der Waals surface area (Å²) >= 11 is 1.87. The van der Waals surface area contributed by atoms with E-state index < -0.39 is 0 Å². The Bertz CT molecular complexity index is 518. The van der Waals surface area contributed by atoms with Crippen LogP contribution in [0.15, 0.2) is 71.0 Å². The molecule has 104 valence electrons. The molecular weight excluding hydrogens is 300 g/mol. The Morgan fingerprint density at radius 1 is 0.950 bits per heavy atom. The zero-order valence-corrected chi connectivity index (χ0v) is 13.9. The van der Waals surface area contributed by atoms with Gasteiger partial charge in [-0.05, 0) is 30.0 Å². The maximum Gasteiger partial charge on any atom is 0.0291 e. The highest BCUT2D eigenvalue weighted by molar-refractivity contribution is 8.77. The molecule has 2 aromatic carbocycles. The highest BCUT2D eigenvalue weighted by Gasteiger charge is 1.93. The van der Waals surface area contributed by atoms with E-state index in [9.17, 15) is 0 Å². The van der Waals surface area contributed by atoms with E-state index in [0.717, 1.165) is 11.5 Å². The molecule has 0 nitrogen and oxygen atoms in total. The molecule has 0 atom stereocenters. The standard InChI is InChI=1S/C17H18S3/c1-15-8-10-16(11-9-15)14-20-19-13-5-12-18-17-6-3-2-4-7-17/h2-11,13H,12,14H2,1H3/b13-5-. The van der Waals surface area contributed by atoms with Crippen molar-refractivity contribution in [3.05, 3.63) is 77.2 Å². The molecule has 0 fully saturated rings. The van der Waals surface area contributed by atoms with Gasteiger partial charge in [0.1, 0.15) is 0 Å². The Hall–Kier alpha value is -0.770. The molecule has 0 amide bonds. The van der Waals surface area contributed by atoms with Crippen LogP contribution in [0.1, 0.15) is 11.1 Å². The topological polar surface area (TPSA) is 0 Å². The lowest BCUT2D eigenvalue weighted by Crippen LogP contribution is -1.78. The van der Waals surface area contributed by atoms with E-state index in [1.807, 2.05) is 33.3 Å². The Balaban J connectivity index is 1.59. The van der Waals surface area contributed by atoms with Gasteiger partial charge in [-0.25, -0.2) is 0 Å². The Labute approximate surface area is 133 Å².